The zero-order valence-electron chi connectivity index (χ0n) is 7.83. The molecule has 1 N–H and O–H groups in total. The van der Waals surface area contributed by atoms with Crippen molar-refractivity contribution in [1.29, 1.82) is 0 Å². The second-order valence-corrected chi connectivity index (χ2v) is 3.54. The molecular formula is C9H16O3. The van der Waals surface area contributed by atoms with E-state index in [1.54, 1.807) is 0 Å². The fourth-order valence-corrected chi connectivity index (χ4v) is 1.17. The molecule has 0 aromatic carbocycles. The summed E-state index contributed by atoms with van der Waals surface area (Å²) >= 11 is 0. The first kappa shape index (κ1) is 9.71. The molecule has 1 unspecified atom stereocenters. The van der Waals surface area contributed by atoms with Crippen molar-refractivity contribution in [1.82, 2.24) is 0 Å². The molecule has 1 atom stereocenters. The van der Waals surface area contributed by atoms with Crippen LogP contribution in [0.5, 0.6) is 0 Å². The van der Waals surface area contributed by atoms with Gasteiger partial charge in [-0.05, 0) is 26.3 Å². The van der Waals surface area contributed by atoms with E-state index in [4.69, 9.17) is 14.6 Å². The maximum absolute atomic E-state index is 8.76. The van der Waals surface area contributed by atoms with Gasteiger partial charge < -0.3 is 14.6 Å². The Morgan fingerprint density at radius 1 is 1.67 bits per heavy atom. The molecule has 70 valence electrons. The van der Waals surface area contributed by atoms with Gasteiger partial charge >= 0.3 is 0 Å². The van der Waals surface area contributed by atoms with Crippen LogP contribution in [0.2, 0.25) is 0 Å². The molecule has 0 saturated carbocycles. The minimum atomic E-state index is -0.475. The van der Waals surface area contributed by atoms with Gasteiger partial charge in [-0.2, -0.15) is 0 Å². The van der Waals surface area contributed by atoms with Crippen LogP contribution in [0.25, 0.3) is 0 Å². The second-order valence-electron chi connectivity index (χ2n) is 3.54. The van der Waals surface area contributed by atoms with Crippen LogP contribution in [-0.2, 0) is 9.47 Å². The first-order valence-corrected chi connectivity index (χ1v) is 4.13. The summed E-state index contributed by atoms with van der Waals surface area (Å²) in [6.07, 6.45) is 1.89. The Labute approximate surface area is 73.0 Å². The van der Waals surface area contributed by atoms with E-state index in [-0.39, 0.29) is 12.7 Å². The maximum atomic E-state index is 8.76. The van der Waals surface area contributed by atoms with Crippen LogP contribution in [0.3, 0.4) is 0 Å². The van der Waals surface area contributed by atoms with Gasteiger partial charge in [0.2, 0.25) is 0 Å². The van der Waals surface area contributed by atoms with E-state index in [0.29, 0.717) is 6.61 Å². The van der Waals surface area contributed by atoms with Crippen molar-refractivity contribution in [2.75, 3.05) is 13.2 Å². The average Bonchev–Trinajstić information content (AvgIpc) is 2.30. The van der Waals surface area contributed by atoms with Crippen molar-refractivity contribution in [3.05, 3.63) is 11.6 Å². The molecule has 0 bridgehead atoms. The Kier molecular flexibility index (Phi) is 2.88. The molecule has 1 saturated heterocycles. The molecule has 0 amide bonds. The van der Waals surface area contributed by atoms with E-state index in [1.807, 2.05) is 26.8 Å². The molecule has 0 aromatic rings. The van der Waals surface area contributed by atoms with Crippen molar-refractivity contribution in [3.8, 4) is 0 Å². The van der Waals surface area contributed by atoms with Crippen molar-refractivity contribution in [2.45, 2.75) is 32.7 Å². The largest absolute Gasteiger partial charge is 0.392 e. The number of hydrogen-bond acceptors (Lipinski definition) is 3. The summed E-state index contributed by atoms with van der Waals surface area (Å²) in [4.78, 5) is 0. The van der Waals surface area contributed by atoms with Gasteiger partial charge in [-0.25, -0.2) is 0 Å². The molecule has 3 heteroatoms. The molecule has 1 aliphatic heterocycles. The fourth-order valence-electron chi connectivity index (χ4n) is 1.17. The Morgan fingerprint density at radius 3 is 2.75 bits per heavy atom. The maximum Gasteiger partial charge on any atom is 0.163 e. The summed E-state index contributed by atoms with van der Waals surface area (Å²) in [5.41, 5.74) is 0.918. The lowest BCUT2D eigenvalue weighted by atomic mass is 10.2. The summed E-state index contributed by atoms with van der Waals surface area (Å²) in [6, 6.07) is 0. The first-order chi connectivity index (χ1) is 5.53. The predicted octanol–water partition coefficient (Wildman–Crippen LogP) is 1.08. The minimum Gasteiger partial charge on any atom is -0.392 e. The smallest absolute Gasteiger partial charge is 0.163 e. The predicted molar refractivity (Wildman–Crippen MR) is 45.7 cm³/mol. The quantitative estimate of drug-likeness (QED) is 0.633. The summed E-state index contributed by atoms with van der Waals surface area (Å²) in [5, 5.41) is 8.76. The van der Waals surface area contributed by atoms with Gasteiger partial charge in [0.05, 0.1) is 13.2 Å². The number of aliphatic hydroxyl groups is 1. The van der Waals surface area contributed by atoms with Crippen LogP contribution in [0.1, 0.15) is 20.8 Å². The first-order valence-electron chi connectivity index (χ1n) is 4.13. The van der Waals surface area contributed by atoms with Crippen LogP contribution < -0.4 is 0 Å². The molecule has 0 spiro atoms. The second kappa shape index (κ2) is 3.56. The SMILES string of the molecule is CC(=CC1COC(C)(C)O1)CO. The highest BCUT2D eigenvalue weighted by molar-refractivity contribution is 5.03. The van der Waals surface area contributed by atoms with Crippen LogP contribution in [0, 0.1) is 0 Å². The number of hydrogen-bond donors (Lipinski definition) is 1. The lowest BCUT2D eigenvalue weighted by molar-refractivity contribution is -0.133. The third-order valence-corrected chi connectivity index (χ3v) is 1.75. The van der Waals surface area contributed by atoms with E-state index in [1.165, 1.54) is 0 Å². The van der Waals surface area contributed by atoms with Gasteiger partial charge in [0.15, 0.2) is 5.79 Å². The van der Waals surface area contributed by atoms with Gasteiger partial charge in [0, 0.05) is 0 Å². The summed E-state index contributed by atoms with van der Waals surface area (Å²) < 4.78 is 10.9. The van der Waals surface area contributed by atoms with E-state index < -0.39 is 5.79 Å². The van der Waals surface area contributed by atoms with Crippen LogP contribution in [0.15, 0.2) is 11.6 Å². The third kappa shape index (κ3) is 2.59. The van der Waals surface area contributed by atoms with Crippen LogP contribution in [-0.4, -0.2) is 30.2 Å². The van der Waals surface area contributed by atoms with Crippen molar-refractivity contribution < 1.29 is 14.6 Å². The normalized spacial score (nSPS) is 29.3. The molecule has 1 fully saturated rings. The molecule has 1 heterocycles. The van der Waals surface area contributed by atoms with E-state index in [9.17, 15) is 0 Å². The van der Waals surface area contributed by atoms with Gasteiger partial charge in [0.25, 0.3) is 0 Å². The number of aliphatic hydroxyl groups excluding tert-OH is 1. The summed E-state index contributed by atoms with van der Waals surface area (Å²) in [6.45, 7) is 6.30. The zero-order chi connectivity index (χ0) is 9.19. The van der Waals surface area contributed by atoms with Crippen molar-refractivity contribution in [3.63, 3.8) is 0 Å². The average molecular weight is 172 g/mol. The number of ether oxygens (including phenoxy) is 2. The molecule has 0 aromatic heterocycles. The third-order valence-electron chi connectivity index (χ3n) is 1.75. The van der Waals surface area contributed by atoms with E-state index >= 15 is 0 Å². The van der Waals surface area contributed by atoms with Crippen LogP contribution >= 0.6 is 0 Å². The Hall–Kier alpha value is -0.380. The minimum absolute atomic E-state index is 0.00727. The molecule has 1 aliphatic rings. The highest BCUT2D eigenvalue weighted by Crippen LogP contribution is 2.23. The molecule has 3 nitrogen and oxygen atoms in total. The van der Waals surface area contributed by atoms with Crippen molar-refractivity contribution in [2.24, 2.45) is 0 Å². The topological polar surface area (TPSA) is 38.7 Å². The Balaban J connectivity index is 2.48. The van der Waals surface area contributed by atoms with Gasteiger partial charge in [0.1, 0.15) is 6.10 Å². The van der Waals surface area contributed by atoms with Gasteiger partial charge in [-0.15, -0.1) is 0 Å². The lowest BCUT2D eigenvalue weighted by Gasteiger charge is -2.15. The summed E-state index contributed by atoms with van der Waals surface area (Å²) in [7, 11) is 0. The fraction of sp³-hybridized carbons (Fsp3) is 0.778. The Morgan fingerprint density at radius 2 is 2.33 bits per heavy atom. The van der Waals surface area contributed by atoms with Crippen LogP contribution in [0.4, 0.5) is 0 Å². The summed E-state index contributed by atoms with van der Waals surface area (Å²) in [5.74, 6) is -0.475. The molecular weight excluding hydrogens is 156 g/mol. The molecule has 0 aliphatic carbocycles. The molecule has 12 heavy (non-hydrogen) atoms. The standard InChI is InChI=1S/C9H16O3/c1-7(5-10)4-8-6-11-9(2,3)12-8/h4,8,10H,5-6H2,1-3H3. The number of rotatable bonds is 2. The van der Waals surface area contributed by atoms with E-state index in [2.05, 4.69) is 0 Å². The van der Waals surface area contributed by atoms with Gasteiger partial charge in [-0.3, -0.25) is 0 Å². The zero-order valence-corrected chi connectivity index (χ0v) is 7.83. The lowest BCUT2D eigenvalue weighted by Crippen LogP contribution is -2.20. The monoisotopic (exact) mass is 172 g/mol. The highest BCUT2D eigenvalue weighted by Gasteiger charge is 2.31. The highest BCUT2D eigenvalue weighted by atomic mass is 16.7. The van der Waals surface area contributed by atoms with Gasteiger partial charge in [-0.1, -0.05) is 6.08 Å². The molecule has 0 radical (unpaired) electrons. The van der Waals surface area contributed by atoms with E-state index in [0.717, 1.165) is 5.57 Å². The molecule has 1 rings (SSSR count). The van der Waals surface area contributed by atoms with Crippen molar-refractivity contribution >= 4 is 0 Å². The Bertz CT molecular complexity index is 184.